The van der Waals surface area contributed by atoms with Crippen LogP contribution in [0.25, 0.3) is 0 Å². The smallest absolute Gasteiger partial charge is 0.410 e. The molecule has 2 aliphatic heterocycles. The van der Waals surface area contributed by atoms with Gasteiger partial charge in [0.15, 0.2) is 11.5 Å². The SMILES string of the molecule is CC(C)(C)OC(=O)N1CCNC(COc2ccc3c(c2)OCO3)C1. The Balaban J connectivity index is 1.51. The Bertz CT molecular complexity index is 599. The van der Waals surface area contributed by atoms with E-state index in [0.717, 1.165) is 11.5 Å². The molecule has 1 saturated heterocycles. The summed E-state index contributed by atoms with van der Waals surface area (Å²) in [4.78, 5) is 13.9. The monoisotopic (exact) mass is 336 g/mol. The molecule has 1 unspecified atom stereocenters. The lowest BCUT2D eigenvalue weighted by molar-refractivity contribution is 0.0178. The molecule has 2 aliphatic rings. The maximum atomic E-state index is 12.2. The molecule has 7 heteroatoms. The summed E-state index contributed by atoms with van der Waals surface area (Å²) in [5, 5.41) is 3.36. The van der Waals surface area contributed by atoms with Crippen molar-refractivity contribution in [1.82, 2.24) is 10.2 Å². The molecule has 0 aliphatic carbocycles. The first-order chi connectivity index (χ1) is 11.4. The van der Waals surface area contributed by atoms with Crippen LogP contribution in [0.4, 0.5) is 4.79 Å². The highest BCUT2D eigenvalue weighted by atomic mass is 16.7. The summed E-state index contributed by atoms with van der Waals surface area (Å²) in [6.45, 7) is 8.21. The summed E-state index contributed by atoms with van der Waals surface area (Å²) in [7, 11) is 0. The molecule has 0 bridgehead atoms. The molecular weight excluding hydrogens is 312 g/mol. The first-order valence-corrected chi connectivity index (χ1v) is 8.14. The molecule has 132 valence electrons. The van der Waals surface area contributed by atoms with E-state index in [-0.39, 0.29) is 18.9 Å². The van der Waals surface area contributed by atoms with Crippen molar-refractivity contribution >= 4 is 6.09 Å². The zero-order valence-electron chi connectivity index (χ0n) is 14.3. The molecule has 1 amide bonds. The maximum Gasteiger partial charge on any atom is 0.410 e. The number of benzene rings is 1. The quantitative estimate of drug-likeness (QED) is 0.910. The van der Waals surface area contributed by atoms with E-state index in [9.17, 15) is 4.79 Å². The van der Waals surface area contributed by atoms with E-state index in [2.05, 4.69) is 5.32 Å². The van der Waals surface area contributed by atoms with Crippen LogP contribution in [0.2, 0.25) is 0 Å². The van der Waals surface area contributed by atoms with Crippen LogP contribution in [-0.4, -0.2) is 55.7 Å². The number of hydrogen-bond acceptors (Lipinski definition) is 6. The van der Waals surface area contributed by atoms with Crippen molar-refractivity contribution in [3.63, 3.8) is 0 Å². The summed E-state index contributed by atoms with van der Waals surface area (Å²) in [6.07, 6.45) is -0.280. The average Bonchev–Trinajstić information content (AvgIpc) is 2.99. The Labute approximate surface area is 141 Å². The van der Waals surface area contributed by atoms with Crippen molar-refractivity contribution in [3.8, 4) is 17.2 Å². The van der Waals surface area contributed by atoms with Gasteiger partial charge >= 0.3 is 6.09 Å². The van der Waals surface area contributed by atoms with Gasteiger partial charge in [-0.1, -0.05) is 0 Å². The van der Waals surface area contributed by atoms with Crippen molar-refractivity contribution in [2.24, 2.45) is 0 Å². The third-order valence-corrected chi connectivity index (χ3v) is 3.70. The highest BCUT2D eigenvalue weighted by Crippen LogP contribution is 2.35. The summed E-state index contributed by atoms with van der Waals surface area (Å²) < 4.78 is 21.9. The van der Waals surface area contributed by atoms with E-state index < -0.39 is 5.60 Å². The van der Waals surface area contributed by atoms with E-state index in [1.165, 1.54) is 0 Å². The van der Waals surface area contributed by atoms with Gasteiger partial charge in [-0.15, -0.1) is 0 Å². The first kappa shape index (κ1) is 16.7. The van der Waals surface area contributed by atoms with E-state index in [4.69, 9.17) is 18.9 Å². The van der Waals surface area contributed by atoms with Crippen LogP contribution < -0.4 is 19.5 Å². The molecule has 0 aromatic heterocycles. The number of rotatable bonds is 3. The maximum absolute atomic E-state index is 12.2. The Kier molecular flexibility index (Phi) is 4.71. The lowest BCUT2D eigenvalue weighted by atomic mass is 10.2. The predicted molar refractivity (Wildman–Crippen MR) is 87.7 cm³/mol. The van der Waals surface area contributed by atoms with Crippen LogP contribution in [-0.2, 0) is 4.74 Å². The predicted octanol–water partition coefficient (Wildman–Crippen LogP) is 2.00. The molecule has 1 aromatic carbocycles. The van der Waals surface area contributed by atoms with E-state index >= 15 is 0 Å². The van der Waals surface area contributed by atoms with E-state index in [1.54, 1.807) is 4.90 Å². The number of ether oxygens (including phenoxy) is 4. The van der Waals surface area contributed by atoms with Gasteiger partial charge in [0.05, 0.1) is 6.04 Å². The molecule has 7 nitrogen and oxygen atoms in total. The minimum atomic E-state index is -0.486. The van der Waals surface area contributed by atoms with Crippen LogP contribution >= 0.6 is 0 Å². The normalized spacial score (nSPS) is 20.0. The molecule has 0 saturated carbocycles. The molecule has 1 N–H and O–H groups in total. The van der Waals surface area contributed by atoms with Gasteiger partial charge in [-0.05, 0) is 32.9 Å². The van der Waals surface area contributed by atoms with Crippen LogP contribution in [0.5, 0.6) is 17.2 Å². The molecule has 1 aromatic rings. The number of amides is 1. The molecule has 2 heterocycles. The highest BCUT2D eigenvalue weighted by molar-refractivity contribution is 5.68. The van der Waals surface area contributed by atoms with Gasteiger partial charge in [-0.3, -0.25) is 0 Å². The fraction of sp³-hybridized carbons (Fsp3) is 0.588. The molecule has 3 rings (SSSR count). The van der Waals surface area contributed by atoms with Gasteiger partial charge in [0.25, 0.3) is 0 Å². The van der Waals surface area contributed by atoms with Crippen molar-refractivity contribution in [2.75, 3.05) is 33.0 Å². The standard InChI is InChI=1S/C17H24N2O5/c1-17(2,3)24-16(20)19-7-6-18-12(9-19)10-21-13-4-5-14-15(8-13)23-11-22-14/h4-5,8,12,18H,6-7,9-11H2,1-3H3. The summed E-state index contributed by atoms with van der Waals surface area (Å²) in [5.74, 6) is 2.14. The number of piperazine rings is 1. The summed E-state index contributed by atoms with van der Waals surface area (Å²) >= 11 is 0. The fourth-order valence-corrected chi connectivity index (χ4v) is 2.59. The third-order valence-electron chi connectivity index (χ3n) is 3.70. The molecule has 0 spiro atoms. The molecular formula is C17H24N2O5. The number of carbonyl (C=O) groups excluding carboxylic acids is 1. The number of nitrogens with one attached hydrogen (secondary N) is 1. The number of hydrogen-bond donors (Lipinski definition) is 1. The lowest BCUT2D eigenvalue weighted by Crippen LogP contribution is -2.55. The van der Waals surface area contributed by atoms with Crippen LogP contribution in [0.15, 0.2) is 18.2 Å². The first-order valence-electron chi connectivity index (χ1n) is 8.14. The lowest BCUT2D eigenvalue weighted by Gasteiger charge is -2.34. The molecule has 0 radical (unpaired) electrons. The minimum absolute atomic E-state index is 0.0525. The van der Waals surface area contributed by atoms with Crippen molar-refractivity contribution in [2.45, 2.75) is 32.4 Å². The summed E-state index contributed by atoms with van der Waals surface area (Å²) in [6, 6.07) is 5.55. The minimum Gasteiger partial charge on any atom is -0.492 e. The van der Waals surface area contributed by atoms with Crippen LogP contribution in [0, 0.1) is 0 Å². The average molecular weight is 336 g/mol. The highest BCUT2D eigenvalue weighted by Gasteiger charge is 2.27. The zero-order chi connectivity index (χ0) is 17.2. The number of carbonyl (C=O) groups is 1. The number of nitrogens with zero attached hydrogens (tertiary/aromatic N) is 1. The van der Waals surface area contributed by atoms with Gasteiger partial charge in [-0.2, -0.15) is 0 Å². The Morgan fingerprint density at radius 3 is 2.92 bits per heavy atom. The fourth-order valence-electron chi connectivity index (χ4n) is 2.59. The van der Waals surface area contributed by atoms with Gasteiger partial charge in [-0.25, -0.2) is 4.79 Å². The molecule has 24 heavy (non-hydrogen) atoms. The van der Waals surface area contributed by atoms with Crippen molar-refractivity contribution in [1.29, 1.82) is 0 Å². The van der Waals surface area contributed by atoms with E-state index in [1.807, 2.05) is 39.0 Å². The second kappa shape index (κ2) is 6.76. The van der Waals surface area contributed by atoms with Gasteiger partial charge in [0.1, 0.15) is 18.0 Å². The van der Waals surface area contributed by atoms with Crippen LogP contribution in [0.1, 0.15) is 20.8 Å². The second-order valence-electron chi connectivity index (χ2n) is 6.90. The van der Waals surface area contributed by atoms with Crippen molar-refractivity contribution < 1.29 is 23.7 Å². The van der Waals surface area contributed by atoms with Crippen LogP contribution in [0.3, 0.4) is 0 Å². The van der Waals surface area contributed by atoms with Crippen molar-refractivity contribution in [3.05, 3.63) is 18.2 Å². The van der Waals surface area contributed by atoms with E-state index in [0.29, 0.717) is 32.0 Å². The van der Waals surface area contributed by atoms with Gasteiger partial charge < -0.3 is 29.2 Å². The largest absolute Gasteiger partial charge is 0.492 e. The third kappa shape index (κ3) is 4.23. The summed E-state index contributed by atoms with van der Waals surface area (Å²) in [5.41, 5.74) is -0.486. The topological polar surface area (TPSA) is 69.3 Å². The Hall–Kier alpha value is -2.15. The van der Waals surface area contributed by atoms with Gasteiger partial charge in [0, 0.05) is 25.7 Å². The molecule has 1 atom stereocenters. The number of fused-ring (bicyclic) bond motifs is 1. The Morgan fingerprint density at radius 2 is 2.12 bits per heavy atom. The molecule has 1 fully saturated rings. The Morgan fingerprint density at radius 1 is 1.33 bits per heavy atom. The zero-order valence-corrected chi connectivity index (χ0v) is 14.3. The second-order valence-corrected chi connectivity index (χ2v) is 6.90. The van der Waals surface area contributed by atoms with Gasteiger partial charge in [0.2, 0.25) is 6.79 Å².